The van der Waals surface area contributed by atoms with Crippen LogP contribution in [0.5, 0.6) is 63.2 Å². The number of rotatable bonds is 31. The maximum absolute atomic E-state index is 13.0. The Morgan fingerprint density at radius 1 is 0.355 bits per heavy atom. The molecule has 9 aromatic carbocycles. The zero-order valence-corrected chi connectivity index (χ0v) is 73.1. The van der Waals surface area contributed by atoms with Crippen molar-refractivity contribution >= 4 is 46.4 Å². The van der Waals surface area contributed by atoms with Gasteiger partial charge in [0.2, 0.25) is 0 Å². The molecule has 4 aliphatic carbocycles. The van der Waals surface area contributed by atoms with Crippen molar-refractivity contribution in [3.8, 4) is 74.4 Å². The summed E-state index contributed by atoms with van der Waals surface area (Å²) in [5.41, 5.74) is 10.0. The number of anilines is 4. The molecule has 4 amide bonds. The monoisotopic (exact) mass is 1680 g/mol. The number of amides is 4. The van der Waals surface area contributed by atoms with Gasteiger partial charge in [0.05, 0.1) is 53.9 Å². The minimum Gasteiger partial charge on any atom is -0.493 e. The fourth-order valence-corrected chi connectivity index (χ4v) is 14.2. The first-order chi connectivity index (χ1) is 59.7. The number of benzene rings is 9. The number of carbonyl (C=O) groups excluding carboxylic acids is 4. The molecule has 1 atom stereocenters. The van der Waals surface area contributed by atoms with Crippen molar-refractivity contribution in [2.24, 2.45) is 22.2 Å². The Bertz CT molecular complexity index is 5380. The molecule has 4 fully saturated rings. The largest absolute Gasteiger partial charge is 0.493 e. The maximum atomic E-state index is 13.0. The summed E-state index contributed by atoms with van der Waals surface area (Å²) in [5.74, 6) is 10.1. The molecule has 4 heterocycles. The van der Waals surface area contributed by atoms with Gasteiger partial charge in [-0.05, 0) is 254 Å². The van der Waals surface area contributed by atoms with E-state index in [0.717, 1.165) is 46.7 Å². The van der Waals surface area contributed by atoms with Gasteiger partial charge in [-0.2, -0.15) is 0 Å². The molecule has 0 saturated heterocycles. The molecule has 0 spiro atoms. The number of ether oxygens (including phenoxy) is 11. The highest BCUT2D eigenvalue weighted by molar-refractivity contribution is 6.09. The Kier molecular flexibility index (Phi) is 27.6. The number of nitrogens with zero attached hydrogens (tertiary/aromatic N) is 4. The number of hydrogen-bond donors (Lipinski definition) is 2. The van der Waals surface area contributed by atoms with Crippen LogP contribution in [0.1, 0.15) is 147 Å². The number of aliphatic hydroxyl groups excluding tert-OH is 2. The van der Waals surface area contributed by atoms with Gasteiger partial charge in [0.25, 0.3) is 23.6 Å². The predicted molar refractivity (Wildman–Crippen MR) is 482 cm³/mol. The van der Waals surface area contributed by atoms with Crippen LogP contribution in [0.15, 0.2) is 248 Å². The van der Waals surface area contributed by atoms with Crippen molar-refractivity contribution in [1.82, 2.24) is 0 Å². The van der Waals surface area contributed by atoms with E-state index in [-0.39, 0.29) is 53.1 Å². The highest BCUT2D eigenvalue weighted by Gasteiger charge is 2.36. The van der Waals surface area contributed by atoms with Crippen molar-refractivity contribution in [3.05, 3.63) is 270 Å². The van der Waals surface area contributed by atoms with Crippen LogP contribution in [0.25, 0.3) is 11.1 Å². The SMILES string of the molecule is COc1cc(N2CC=C(Oc3ccc(-c4ccccc4)cc3)C2=O)ccc1OCC(C)(C)C.COc1cc(N2CC=C(Oc3ccc(C4CC4)cc3)C2=O)ccc1OCC(C)(C)CO.COc1cc(N2CC=C(Oc3ccc(C4CC4)cc3)C2=O)ccc1OC[C@H](O)C1CC1.Cc1cc(N2CC=C(Oc3ccc(C4CC4)cc3)C2=O)ccc1OCC(C)(C)C. The molecule has 8 aliphatic rings. The molecule has 21 heteroatoms. The molecule has 9 aromatic rings. The Labute approximate surface area is 728 Å². The van der Waals surface area contributed by atoms with E-state index in [4.69, 9.17) is 52.1 Å². The summed E-state index contributed by atoms with van der Waals surface area (Å²) in [6.45, 7) is 22.2. The molecule has 0 radical (unpaired) electrons. The van der Waals surface area contributed by atoms with Crippen LogP contribution in [0.3, 0.4) is 0 Å². The average Bonchev–Trinajstić information content (AvgIpc) is 1.66. The molecule has 4 saturated carbocycles. The lowest BCUT2D eigenvalue weighted by atomic mass is 9.96. The lowest BCUT2D eigenvalue weighted by Gasteiger charge is -2.23. The van der Waals surface area contributed by atoms with E-state index in [1.165, 1.54) is 55.2 Å². The van der Waals surface area contributed by atoms with Crippen molar-refractivity contribution in [3.63, 3.8) is 0 Å². The second kappa shape index (κ2) is 38.9. The third-order valence-electron chi connectivity index (χ3n) is 22.1. The number of hydrogen-bond acceptors (Lipinski definition) is 17. The van der Waals surface area contributed by atoms with Gasteiger partial charge in [-0.25, -0.2) is 0 Å². The van der Waals surface area contributed by atoms with Gasteiger partial charge in [0.15, 0.2) is 57.5 Å². The summed E-state index contributed by atoms with van der Waals surface area (Å²) >= 11 is 0. The quantitative estimate of drug-likeness (QED) is 0.0412. The molecular weight excluding hydrogens is 1570 g/mol. The lowest BCUT2D eigenvalue weighted by Crippen LogP contribution is -2.28. The van der Waals surface area contributed by atoms with E-state index < -0.39 is 6.10 Å². The zero-order valence-electron chi connectivity index (χ0n) is 73.1. The summed E-state index contributed by atoms with van der Waals surface area (Å²) in [5, 5.41) is 19.4. The summed E-state index contributed by atoms with van der Waals surface area (Å²) in [6, 6.07) is 64.1. The number of aryl methyl sites for hydroxylation is 1. The molecular formula is C103H114N4O17. The van der Waals surface area contributed by atoms with Gasteiger partial charge < -0.3 is 81.9 Å². The normalized spacial score (nSPS) is 16.4. The molecule has 21 nitrogen and oxygen atoms in total. The summed E-state index contributed by atoms with van der Waals surface area (Å²) in [4.78, 5) is 58.3. The third-order valence-corrected chi connectivity index (χ3v) is 22.1. The highest BCUT2D eigenvalue weighted by Crippen LogP contribution is 2.45. The van der Waals surface area contributed by atoms with Gasteiger partial charge >= 0.3 is 0 Å². The fourth-order valence-electron chi connectivity index (χ4n) is 14.2. The topological polar surface area (TPSA) is 223 Å². The van der Waals surface area contributed by atoms with Crippen molar-refractivity contribution in [2.75, 3.05) is 100 Å². The predicted octanol–water partition coefficient (Wildman–Crippen LogP) is 20.0. The standard InChI is InChI=1S/C28H29NO4.C25H27NO5.C25H29NO5.C25H29NO3/c1-28(2,3)19-32-24-15-12-22(18-26(24)31-4)29-17-16-25(27(29)30)33-23-13-10-21(11-14-23)20-8-6-5-7-9-20;1-29-24-14-19(8-11-22(24)30-15-21(27)18-4-5-18)26-13-12-23(25(26)28)31-20-9-6-17(7-10-20)16-2-3-16;1-25(2,15-27)16-30-21-11-8-19(14-23(21)29-3)26-13-12-22(24(26)28)31-20-9-6-18(7-10-20)17-4-5-17;1-17-15-20(9-12-22(17)28-16-25(2,3)4)26-14-13-23(24(26)27)29-21-10-7-19(8-11-21)18-5-6-18/h5-16,18H,17,19H2,1-4H3;6-12,14,16,18,21,27H,2-5,13,15H2,1H3;6-12,14,17,27H,4-5,13,15-16H2,1-3H3;7-13,15,18H,5-6,14,16H2,1-4H3/t;21-;;/m.0../s1. The molecule has 17 rings (SSSR count). The van der Waals surface area contributed by atoms with Gasteiger partial charge in [-0.15, -0.1) is 0 Å². The summed E-state index contributed by atoms with van der Waals surface area (Å²) < 4.78 is 63.3. The minimum atomic E-state index is -0.452. The summed E-state index contributed by atoms with van der Waals surface area (Å²) in [7, 11) is 4.72. The van der Waals surface area contributed by atoms with Gasteiger partial charge in [-0.3, -0.25) is 19.2 Å². The van der Waals surface area contributed by atoms with E-state index in [1.807, 2.05) is 154 Å². The van der Waals surface area contributed by atoms with Crippen LogP contribution < -0.4 is 71.7 Å². The second-order valence-electron chi connectivity index (χ2n) is 35.7. The fraction of sp³-hybridized carbons (Fsp3) is 0.359. The maximum Gasteiger partial charge on any atom is 0.294 e. The van der Waals surface area contributed by atoms with Crippen molar-refractivity contribution in [2.45, 2.75) is 138 Å². The Balaban J connectivity index is 0.000000135. The molecule has 0 bridgehead atoms. The van der Waals surface area contributed by atoms with Crippen LogP contribution in [0.4, 0.5) is 22.7 Å². The van der Waals surface area contributed by atoms with Gasteiger partial charge in [0.1, 0.15) is 35.4 Å². The number of carbonyl (C=O) groups is 4. The highest BCUT2D eigenvalue weighted by atomic mass is 16.5. The second-order valence-corrected chi connectivity index (χ2v) is 35.7. The van der Waals surface area contributed by atoms with Crippen molar-refractivity contribution < 1.29 is 81.5 Å². The lowest BCUT2D eigenvalue weighted by molar-refractivity contribution is -0.117. The molecule has 4 aliphatic heterocycles. The van der Waals surface area contributed by atoms with E-state index in [0.29, 0.717) is 162 Å². The average molecular weight is 1680 g/mol. The first-order valence-electron chi connectivity index (χ1n) is 42.9. The molecule has 2 N–H and O–H groups in total. The van der Waals surface area contributed by atoms with Crippen LogP contribution >= 0.6 is 0 Å². The zero-order chi connectivity index (χ0) is 87.4. The van der Waals surface area contributed by atoms with Crippen LogP contribution in [-0.2, 0) is 19.2 Å². The third kappa shape index (κ3) is 23.3. The van der Waals surface area contributed by atoms with Gasteiger partial charge in [-0.1, -0.05) is 134 Å². The van der Waals surface area contributed by atoms with Gasteiger partial charge in [0, 0.05) is 72.5 Å². The Hall–Kier alpha value is -12.5. The number of methoxy groups -OCH3 is 3. The molecule has 0 unspecified atom stereocenters. The van der Waals surface area contributed by atoms with Crippen molar-refractivity contribution in [1.29, 1.82) is 0 Å². The van der Waals surface area contributed by atoms with Crippen LogP contribution in [0.2, 0.25) is 0 Å². The molecule has 124 heavy (non-hydrogen) atoms. The van der Waals surface area contributed by atoms with Crippen LogP contribution in [-0.4, -0.2) is 120 Å². The van der Waals surface area contributed by atoms with Crippen LogP contribution in [0, 0.1) is 29.1 Å². The smallest absolute Gasteiger partial charge is 0.294 e. The van der Waals surface area contributed by atoms with E-state index in [9.17, 15) is 29.4 Å². The summed E-state index contributed by atoms with van der Waals surface area (Å²) in [6.07, 6.45) is 16.5. The number of aliphatic hydroxyl groups is 2. The first-order valence-corrected chi connectivity index (χ1v) is 42.9. The Morgan fingerprint density at radius 2 is 0.661 bits per heavy atom. The molecule has 648 valence electrons. The van der Waals surface area contributed by atoms with E-state index >= 15 is 0 Å². The minimum absolute atomic E-state index is 0.0213. The van der Waals surface area contributed by atoms with E-state index in [1.54, 1.807) is 83.4 Å². The van der Waals surface area contributed by atoms with E-state index in [2.05, 4.69) is 90.1 Å². The molecule has 0 aromatic heterocycles. The Morgan fingerprint density at radius 3 is 0.976 bits per heavy atom. The first kappa shape index (κ1) is 87.9.